The van der Waals surface area contributed by atoms with Gasteiger partial charge in [0, 0.05) is 24.7 Å². The van der Waals surface area contributed by atoms with Crippen molar-refractivity contribution in [2.45, 2.75) is 69.2 Å². The smallest absolute Gasteiger partial charge is 0.350 e. The minimum absolute atomic E-state index is 0.0912. The first-order valence-corrected chi connectivity index (χ1v) is 12.5. The lowest BCUT2D eigenvalue weighted by Gasteiger charge is -2.21. The number of aromatic nitrogens is 4. The molecule has 2 aromatic rings. The molecule has 0 bridgehead atoms. The molecule has 4 rings (SSSR count). The summed E-state index contributed by atoms with van der Waals surface area (Å²) in [5.74, 6) is 8.09. The van der Waals surface area contributed by atoms with E-state index in [0.717, 1.165) is 43.0 Å². The monoisotopic (exact) mass is 461 g/mol. The van der Waals surface area contributed by atoms with Crippen LogP contribution in [0.4, 0.5) is 5.82 Å². The van der Waals surface area contributed by atoms with E-state index in [1.54, 1.807) is 22.5 Å². The lowest BCUT2D eigenvalue weighted by atomic mass is 9.88. The molecule has 2 aliphatic rings. The van der Waals surface area contributed by atoms with Crippen molar-refractivity contribution in [1.29, 1.82) is 10.5 Å². The van der Waals surface area contributed by atoms with Crippen LogP contribution in [0.15, 0.2) is 17.2 Å². The predicted molar refractivity (Wildman–Crippen MR) is 127 cm³/mol. The van der Waals surface area contributed by atoms with E-state index in [4.69, 9.17) is 21.2 Å². The molecule has 0 radical (unpaired) electrons. The molecule has 1 unspecified atom stereocenters. The molecule has 1 aliphatic carbocycles. The minimum Gasteiger partial charge on any atom is -0.382 e. The fourth-order valence-electron chi connectivity index (χ4n) is 4.51. The second kappa shape index (κ2) is 10.6. The Bertz CT molecular complexity index is 1180. The molecule has 8 nitrogen and oxygen atoms in total. The number of nitriles is 2. The second-order valence-corrected chi connectivity index (χ2v) is 9.85. The first-order valence-electron chi connectivity index (χ1n) is 11.4. The van der Waals surface area contributed by atoms with Gasteiger partial charge in [-0.05, 0) is 31.4 Å². The van der Waals surface area contributed by atoms with Gasteiger partial charge in [-0.15, -0.1) is 11.8 Å². The molecule has 1 atom stereocenters. The van der Waals surface area contributed by atoms with Crippen LogP contribution < -0.4 is 11.4 Å². The van der Waals surface area contributed by atoms with Crippen LogP contribution in [-0.4, -0.2) is 24.9 Å². The van der Waals surface area contributed by atoms with Crippen molar-refractivity contribution in [3.63, 3.8) is 0 Å². The number of hydrogen-bond donors (Lipinski definition) is 1. The highest BCUT2D eigenvalue weighted by atomic mass is 32.2. The van der Waals surface area contributed by atoms with E-state index in [2.05, 4.69) is 16.8 Å². The molecule has 2 fully saturated rings. The molecular weight excluding hydrogens is 434 g/mol. The zero-order valence-corrected chi connectivity index (χ0v) is 19.4. The van der Waals surface area contributed by atoms with Gasteiger partial charge in [-0.25, -0.2) is 9.78 Å². The SMILES string of the molecule is N#CC(C#N)Cc1cn(CC#Cc2cn(C3CCCS3)c(=O)nc2N)c(C2CCCCC2)n1. The van der Waals surface area contributed by atoms with Gasteiger partial charge in [0.15, 0.2) is 0 Å². The second-order valence-electron chi connectivity index (χ2n) is 8.57. The van der Waals surface area contributed by atoms with Crippen LogP contribution in [0.3, 0.4) is 0 Å². The van der Waals surface area contributed by atoms with Gasteiger partial charge in [-0.3, -0.25) is 4.57 Å². The molecule has 33 heavy (non-hydrogen) atoms. The van der Waals surface area contributed by atoms with Crippen molar-refractivity contribution in [2.75, 3.05) is 11.5 Å². The van der Waals surface area contributed by atoms with E-state index in [0.29, 0.717) is 24.4 Å². The van der Waals surface area contributed by atoms with Gasteiger partial charge in [0.05, 0.1) is 35.3 Å². The molecule has 0 spiro atoms. The van der Waals surface area contributed by atoms with E-state index < -0.39 is 5.92 Å². The van der Waals surface area contributed by atoms with Crippen LogP contribution in [0.2, 0.25) is 0 Å². The predicted octanol–water partition coefficient (Wildman–Crippen LogP) is 3.35. The fraction of sp³-hybridized carbons (Fsp3) is 0.542. The van der Waals surface area contributed by atoms with Crippen LogP contribution in [0.25, 0.3) is 0 Å². The number of thioether (sulfide) groups is 1. The largest absolute Gasteiger partial charge is 0.382 e. The molecule has 2 N–H and O–H groups in total. The number of nitrogen functional groups attached to an aromatic ring is 1. The van der Waals surface area contributed by atoms with Gasteiger partial charge in [-0.1, -0.05) is 31.1 Å². The molecular formula is C24H27N7OS. The molecule has 1 saturated carbocycles. The third-order valence-corrected chi connectivity index (χ3v) is 7.59. The molecule has 1 saturated heterocycles. The third-order valence-electron chi connectivity index (χ3n) is 6.22. The summed E-state index contributed by atoms with van der Waals surface area (Å²) in [7, 11) is 0. The zero-order chi connectivity index (χ0) is 23.2. The topological polar surface area (TPSA) is 126 Å². The molecule has 170 valence electrons. The maximum absolute atomic E-state index is 12.3. The molecule has 0 aromatic carbocycles. The summed E-state index contributed by atoms with van der Waals surface area (Å²) in [6.45, 7) is 0.416. The summed E-state index contributed by atoms with van der Waals surface area (Å²) in [5, 5.41) is 18.4. The average Bonchev–Trinajstić information content (AvgIpc) is 3.50. The number of nitrogens with two attached hydrogens (primary N) is 1. The van der Waals surface area contributed by atoms with Gasteiger partial charge in [-0.2, -0.15) is 15.5 Å². The van der Waals surface area contributed by atoms with Gasteiger partial charge < -0.3 is 10.3 Å². The number of nitrogens with zero attached hydrogens (tertiary/aromatic N) is 6. The summed E-state index contributed by atoms with van der Waals surface area (Å²) >= 11 is 1.75. The summed E-state index contributed by atoms with van der Waals surface area (Å²) < 4.78 is 3.68. The van der Waals surface area contributed by atoms with Crippen LogP contribution in [0, 0.1) is 40.4 Å². The van der Waals surface area contributed by atoms with Crippen molar-refractivity contribution < 1.29 is 0 Å². The van der Waals surface area contributed by atoms with E-state index in [9.17, 15) is 4.79 Å². The Balaban J connectivity index is 1.59. The van der Waals surface area contributed by atoms with E-state index in [1.165, 1.54) is 19.3 Å². The van der Waals surface area contributed by atoms with Crippen molar-refractivity contribution in [3.8, 4) is 24.0 Å². The number of anilines is 1. The Morgan fingerprint density at radius 2 is 1.91 bits per heavy atom. The molecule has 1 aliphatic heterocycles. The molecule has 0 amide bonds. The highest BCUT2D eigenvalue weighted by molar-refractivity contribution is 7.99. The number of hydrogen-bond acceptors (Lipinski definition) is 7. The molecule has 2 aromatic heterocycles. The van der Waals surface area contributed by atoms with Crippen molar-refractivity contribution in [1.82, 2.24) is 19.1 Å². The van der Waals surface area contributed by atoms with Crippen LogP contribution in [0.5, 0.6) is 0 Å². The van der Waals surface area contributed by atoms with Crippen molar-refractivity contribution >= 4 is 17.6 Å². The van der Waals surface area contributed by atoms with Crippen LogP contribution in [0.1, 0.15) is 73.3 Å². The van der Waals surface area contributed by atoms with Gasteiger partial charge in [0.1, 0.15) is 17.6 Å². The van der Waals surface area contributed by atoms with E-state index in [-0.39, 0.29) is 16.9 Å². The van der Waals surface area contributed by atoms with E-state index in [1.807, 2.05) is 22.9 Å². The van der Waals surface area contributed by atoms with Gasteiger partial charge >= 0.3 is 5.69 Å². The normalized spacial score (nSPS) is 18.5. The summed E-state index contributed by atoms with van der Waals surface area (Å²) in [6, 6.07) is 4.05. The summed E-state index contributed by atoms with van der Waals surface area (Å²) in [5.41, 5.74) is 6.96. The van der Waals surface area contributed by atoms with Crippen molar-refractivity contribution in [3.05, 3.63) is 40.0 Å². The highest BCUT2D eigenvalue weighted by Crippen LogP contribution is 2.35. The maximum Gasteiger partial charge on any atom is 0.350 e. The first-order chi connectivity index (χ1) is 16.1. The lowest BCUT2D eigenvalue weighted by Crippen LogP contribution is -2.26. The Labute approximate surface area is 197 Å². The maximum atomic E-state index is 12.3. The van der Waals surface area contributed by atoms with Crippen LogP contribution in [-0.2, 0) is 13.0 Å². The lowest BCUT2D eigenvalue weighted by molar-refractivity contribution is 0.419. The standard InChI is InChI=1S/C24H27N7OS/c25-13-17(14-26)12-20-16-30(23(28-20)18-6-2-1-3-7-18)10-4-8-19-15-31(21-9-5-11-33-21)24(32)29-22(19)27/h15-18,21H,1-3,5-7,9-12H2,(H2,27,29,32). The first kappa shape index (κ1) is 23.0. The minimum atomic E-state index is -0.709. The zero-order valence-electron chi connectivity index (χ0n) is 18.5. The molecule has 3 heterocycles. The highest BCUT2D eigenvalue weighted by Gasteiger charge is 2.23. The van der Waals surface area contributed by atoms with Crippen LogP contribution >= 0.6 is 11.8 Å². The Morgan fingerprint density at radius 3 is 2.61 bits per heavy atom. The van der Waals surface area contributed by atoms with E-state index >= 15 is 0 Å². The quantitative estimate of drug-likeness (QED) is 0.677. The Kier molecular flexibility index (Phi) is 7.37. The third kappa shape index (κ3) is 5.41. The number of imidazole rings is 1. The summed E-state index contributed by atoms with van der Waals surface area (Å²) in [4.78, 5) is 21.1. The summed E-state index contributed by atoms with van der Waals surface area (Å²) in [6.07, 6.45) is 11.8. The van der Waals surface area contributed by atoms with Gasteiger partial charge in [0.2, 0.25) is 0 Å². The average molecular weight is 462 g/mol. The van der Waals surface area contributed by atoms with Crippen molar-refractivity contribution in [2.24, 2.45) is 5.92 Å². The Morgan fingerprint density at radius 1 is 1.12 bits per heavy atom. The Hall–Kier alpha value is -3.22. The molecule has 9 heteroatoms. The van der Waals surface area contributed by atoms with Gasteiger partial charge in [0.25, 0.3) is 0 Å². The fourth-order valence-corrected chi connectivity index (χ4v) is 5.76. The number of rotatable bonds is 5.